The number of benzene rings is 2. The standard InChI is InChI=1S/C21H22Cl2N2O2S/c22-18-8-5-16(12-19(18)23)14-28-11-9-24-21(27)17-6-3-15(4-7-17)13-25-10-1-2-20(25)26/h3-8,12H,1-2,9-11,13-14H2,(H,24,27). The number of likely N-dealkylation sites (tertiary alicyclic amines) is 1. The van der Waals surface area contributed by atoms with Crippen molar-refractivity contribution in [3.8, 4) is 0 Å². The molecular weight excluding hydrogens is 415 g/mol. The molecule has 148 valence electrons. The Morgan fingerprint density at radius 3 is 2.50 bits per heavy atom. The maximum Gasteiger partial charge on any atom is 0.251 e. The van der Waals surface area contributed by atoms with E-state index in [9.17, 15) is 9.59 Å². The van der Waals surface area contributed by atoms with Crippen LogP contribution in [-0.2, 0) is 17.1 Å². The average Bonchev–Trinajstić information content (AvgIpc) is 3.09. The topological polar surface area (TPSA) is 49.4 Å². The van der Waals surface area contributed by atoms with Gasteiger partial charge in [-0.3, -0.25) is 9.59 Å². The third-order valence-corrected chi connectivity index (χ3v) is 6.31. The maximum atomic E-state index is 12.3. The van der Waals surface area contributed by atoms with Crippen LogP contribution in [-0.4, -0.2) is 35.6 Å². The first-order chi connectivity index (χ1) is 13.5. The zero-order chi connectivity index (χ0) is 19.9. The fraction of sp³-hybridized carbons (Fsp3) is 0.333. The molecule has 0 unspecified atom stereocenters. The van der Waals surface area contributed by atoms with Gasteiger partial charge in [-0.15, -0.1) is 0 Å². The predicted octanol–water partition coefficient (Wildman–Crippen LogP) is 4.78. The number of thioether (sulfide) groups is 1. The highest BCUT2D eigenvalue weighted by molar-refractivity contribution is 7.98. The van der Waals surface area contributed by atoms with Crippen molar-refractivity contribution in [2.45, 2.75) is 25.1 Å². The van der Waals surface area contributed by atoms with Crippen LogP contribution in [0.25, 0.3) is 0 Å². The Hall–Kier alpha value is -1.69. The Kier molecular flexibility index (Phi) is 7.65. The van der Waals surface area contributed by atoms with Crippen molar-refractivity contribution in [1.82, 2.24) is 10.2 Å². The zero-order valence-corrected chi connectivity index (χ0v) is 17.7. The number of amides is 2. The summed E-state index contributed by atoms with van der Waals surface area (Å²) in [7, 11) is 0. The highest BCUT2D eigenvalue weighted by Crippen LogP contribution is 2.24. The first kappa shape index (κ1) is 21.0. The summed E-state index contributed by atoms with van der Waals surface area (Å²) in [5.74, 6) is 1.75. The molecule has 2 aromatic rings. The molecule has 1 N–H and O–H groups in total. The third kappa shape index (κ3) is 5.90. The molecule has 0 aliphatic carbocycles. The van der Waals surface area contributed by atoms with Crippen molar-refractivity contribution < 1.29 is 9.59 Å². The Morgan fingerprint density at radius 2 is 1.82 bits per heavy atom. The van der Waals surface area contributed by atoms with E-state index in [2.05, 4.69) is 5.32 Å². The van der Waals surface area contributed by atoms with Crippen LogP contribution in [0.3, 0.4) is 0 Å². The summed E-state index contributed by atoms with van der Waals surface area (Å²) in [4.78, 5) is 25.8. The number of nitrogens with zero attached hydrogens (tertiary/aromatic N) is 1. The van der Waals surface area contributed by atoms with Crippen LogP contribution in [0.1, 0.15) is 34.3 Å². The van der Waals surface area contributed by atoms with E-state index in [-0.39, 0.29) is 11.8 Å². The number of hydrogen-bond donors (Lipinski definition) is 1. The van der Waals surface area contributed by atoms with Gasteiger partial charge in [0.1, 0.15) is 0 Å². The molecule has 1 fully saturated rings. The first-order valence-electron chi connectivity index (χ1n) is 9.19. The largest absolute Gasteiger partial charge is 0.351 e. The average molecular weight is 437 g/mol. The lowest BCUT2D eigenvalue weighted by molar-refractivity contribution is -0.128. The quantitative estimate of drug-likeness (QED) is 0.605. The van der Waals surface area contributed by atoms with Gasteiger partial charge in [0, 0.05) is 43.1 Å². The van der Waals surface area contributed by atoms with Crippen molar-refractivity contribution in [1.29, 1.82) is 0 Å². The molecule has 1 saturated heterocycles. The van der Waals surface area contributed by atoms with Crippen molar-refractivity contribution in [2.75, 3.05) is 18.8 Å². The van der Waals surface area contributed by atoms with E-state index in [1.165, 1.54) is 0 Å². The minimum Gasteiger partial charge on any atom is -0.351 e. The van der Waals surface area contributed by atoms with Gasteiger partial charge in [-0.1, -0.05) is 41.4 Å². The monoisotopic (exact) mass is 436 g/mol. The number of carbonyl (C=O) groups is 2. The fourth-order valence-corrected chi connectivity index (χ4v) is 4.14. The minimum atomic E-state index is -0.0843. The van der Waals surface area contributed by atoms with E-state index in [4.69, 9.17) is 23.2 Å². The van der Waals surface area contributed by atoms with Crippen LogP contribution in [0.5, 0.6) is 0 Å². The van der Waals surface area contributed by atoms with Gasteiger partial charge in [0.25, 0.3) is 5.91 Å². The third-order valence-electron chi connectivity index (χ3n) is 4.55. The van der Waals surface area contributed by atoms with Crippen molar-refractivity contribution in [3.05, 3.63) is 69.2 Å². The van der Waals surface area contributed by atoms with Crippen molar-refractivity contribution in [3.63, 3.8) is 0 Å². The second-order valence-corrected chi connectivity index (χ2v) is 8.59. The Morgan fingerprint density at radius 1 is 1.07 bits per heavy atom. The summed E-state index contributed by atoms with van der Waals surface area (Å²) in [5, 5.41) is 4.05. The van der Waals surface area contributed by atoms with Crippen LogP contribution in [0, 0.1) is 0 Å². The fourth-order valence-electron chi connectivity index (χ4n) is 3.01. The van der Waals surface area contributed by atoms with E-state index >= 15 is 0 Å². The Bertz CT molecular complexity index is 843. The molecule has 2 aromatic carbocycles. The second-order valence-electron chi connectivity index (χ2n) is 6.67. The lowest BCUT2D eigenvalue weighted by Crippen LogP contribution is -2.26. The van der Waals surface area contributed by atoms with Crippen LogP contribution < -0.4 is 5.32 Å². The Balaban J connectivity index is 1.38. The summed E-state index contributed by atoms with van der Waals surface area (Å²) in [5.41, 5.74) is 2.78. The minimum absolute atomic E-state index is 0.0843. The lowest BCUT2D eigenvalue weighted by atomic mass is 10.1. The van der Waals surface area contributed by atoms with Crippen LogP contribution in [0.4, 0.5) is 0 Å². The molecule has 1 aliphatic rings. The highest BCUT2D eigenvalue weighted by Gasteiger charge is 2.19. The van der Waals surface area contributed by atoms with Gasteiger partial charge in [0.05, 0.1) is 10.0 Å². The second kappa shape index (κ2) is 10.2. The van der Waals surface area contributed by atoms with E-state index in [1.807, 2.05) is 41.3 Å². The highest BCUT2D eigenvalue weighted by atomic mass is 35.5. The van der Waals surface area contributed by atoms with E-state index < -0.39 is 0 Å². The molecule has 1 heterocycles. The molecule has 2 amide bonds. The van der Waals surface area contributed by atoms with Gasteiger partial charge in [-0.25, -0.2) is 0 Å². The zero-order valence-electron chi connectivity index (χ0n) is 15.4. The molecule has 0 atom stereocenters. The van der Waals surface area contributed by atoms with Crippen LogP contribution in [0.15, 0.2) is 42.5 Å². The van der Waals surface area contributed by atoms with Crippen LogP contribution in [0.2, 0.25) is 10.0 Å². The number of rotatable bonds is 8. The number of carbonyl (C=O) groups excluding carboxylic acids is 2. The molecule has 0 aromatic heterocycles. The van der Waals surface area contributed by atoms with Gasteiger partial charge >= 0.3 is 0 Å². The number of nitrogens with one attached hydrogen (secondary N) is 1. The van der Waals surface area contributed by atoms with E-state index in [0.717, 1.165) is 35.6 Å². The molecule has 0 spiro atoms. The molecule has 1 aliphatic heterocycles. The van der Waals surface area contributed by atoms with Gasteiger partial charge in [0.2, 0.25) is 5.91 Å². The molecular formula is C21H22Cl2N2O2S. The van der Waals surface area contributed by atoms with Crippen molar-refractivity contribution >= 4 is 46.8 Å². The SMILES string of the molecule is O=C(NCCSCc1ccc(Cl)c(Cl)c1)c1ccc(CN2CCCC2=O)cc1. The molecule has 28 heavy (non-hydrogen) atoms. The summed E-state index contributed by atoms with van der Waals surface area (Å²) >= 11 is 13.6. The van der Waals surface area contributed by atoms with Gasteiger partial charge < -0.3 is 10.2 Å². The van der Waals surface area contributed by atoms with Gasteiger partial charge in [0.15, 0.2) is 0 Å². The van der Waals surface area contributed by atoms with E-state index in [0.29, 0.717) is 35.1 Å². The maximum absolute atomic E-state index is 12.3. The smallest absolute Gasteiger partial charge is 0.251 e. The molecule has 0 bridgehead atoms. The molecule has 0 saturated carbocycles. The summed E-state index contributed by atoms with van der Waals surface area (Å²) < 4.78 is 0. The summed E-state index contributed by atoms with van der Waals surface area (Å²) in [6, 6.07) is 13.1. The molecule has 0 radical (unpaired) electrons. The first-order valence-corrected chi connectivity index (χ1v) is 11.1. The predicted molar refractivity (Wildman–Crippen MR) is 116 cm³/mol. The van der Waals surface area contributed by atoms with Gasteiger partial charge in [-0.2, -0.15) is 11.8 Å². The molecule has 3 rings (SSSR count). The van der Waals surface area contributed by atoms with Gasteiger partial charge in [-0.05, 0) is 41.8 Å². The lowest BCUT2D eigenvalue weighted by Gasteiger charge is -2.15. The van der Waals surface area contributed by atoms with Crippen LogP contribution >= 0.6 is 35.0 Å². The van der Waals surface area contributed by atoms with Crippen molar-refractivity contribution in [2.24, 2.45) is 0 Å². The van der Waals surface area contributed by atoms with E-state index in [1.54, 1.807) is 17.8 Å². The number of halogens is 2. The summed E-state index contributed by atoms with van der Waals surface area (Å²) in [6.07, 6.45) is 1.58. The Labute approximate surface area is 179 Å². The molecule has 4 nitrogen and oxygen atoms in total. The normalized spacial score (nSPS) is 13.8. The number of hydrogen-bond acceptors (Lipinski definition) is 3. The molecule has 7 heteroatoms. The summed E-state index contributed by atoms with van der Waals surface area (Å²) in [6.45, 7) is 2.03.